The minimum atomic E-state index is -2.19. The fraction of sp³-hybridized carbons (Fsp3) is 0.619. The van der Waals surface area contributed by atoms with E-state index in [1.54, 1.807) is 45.6 Å². The molecule has 0 amide bonds. The number of rotatable bonds is 5. The summed E-state index contributed by atoms with van der Waals surface area (Å²) in [5.74, 6) is -6.15. The lowest BCUT2D eigenvalue weighted by molar-refractivity contribution is -0.248. The van der Waals surface area contributed by atoms with Crippen LogP contribution in [0.1, 0.15) is 76.7 Å². The SMILES string of the molecule is CC1C(C(O)C(=O)[C@@]23OC(C)(C)OC2C[C@H]2[C@@H]4CCC5=CC(=O)C=C[C@]5(C)C4(F)[C@@H](O)C[C@@]23C)Oc2c(N3CCN(C)CC3)c(F)cc3c(=O)c(C(=O)O)cn1c23. The number of likely N-dealkylation sites (N-methyl/N-ethyl adjacent to an activating group) is 1. The fourth-order valence-electron chi connectivity index (χ4n) is 12.2. The monoisotopic (exact) mass is 793 g/mol. The Hall–Kier alpha value is -4.02. The van der Waals surface area contributed by atoms with Crippen LogP contribution >= 0.6 is 0 Å². The number of hydrogen-bond donors (Lipinski definition) is 3. The smallest absolute Gasteiger partial charge is 0.341 e. The molecule has 5 fully saturated rings. The lowest BCUT2D eigenvalue weighted by Crippen LogP contribution is -2.71. The summed E-state index contributed by atoms with van der Waals surface area (Å²) >= 11 is 0. The minimum Gasteiger partial charge on any atom is -0.481 e. The van der Waals surface area contributed by atoms with Gasteiger partial charge in [0, 0.05) is 49.1 Å². The summed E-state index contributed by atoms with van der Waals surface area (Å²) < 4.78 is 55.5. The Morgan fingerprint density at radius 3 is 2.46 bits per heavy atom. The number of Topliss-reactive ketones (excluding diaryl/α,β-unsaturated/α-hetero) is 1. The Balaban J connectivity index is 1.15. The molecule has 4 aliphatic carbocycles. The number of piperazine rings is 1. The molecular weight excluding hydrogens is 744 g/mol. The van der Waals surface area contributed by atoms with Crippen molar-refractivity contribution in [1.82, 2.24) is 9.47 Å². The largest absolute Gasteiger partial charge is 0.481 e. The number of alkyl halides is 1. The third-order valence-corrected chi connectivity index (χ3v) is 15.0. The molecule has 13 nitrogen and oxygen atoms in total. The van der Waals surface area contributed by atoms with Crippen LogP contribution in [0.5, 0.6) is 5.75 Å². The van der Waals surface area contributed by atoms with Crippen molar-refractivity contribution >= 4 is 34.1 Å². The van der Waals surface area contributed by atoms with E-state index >= 15 is 13.6 Å². The summed E-state index contributed by atoms with van der Waals surface area (Å²) in [4.78, 5) is 57.5. The normalized spacial score (nSPS) is 39.8. The number of anilines is 1. The lowest BCUT2D eigenvalue weighted by atomic mass is 9.44. The Morgan fingerprint density at radius 2 is 1.77 bits per heavy atom. The predicted molar refractivity (Wildman–Crippen MR) is 201 cm³/mol. The first-order valence-corrected chi connectivity index (χ1v) is 19.9. The first-order valence-electron chi connectivity index (χ1n) is 19.9. The number of aromatic nitrogens is 1. The minimum absolute atomic E-state index is 0.0289. The number of ketones is 2. The van der Waals surface area contributed by atoms with Crippen LogP contribution in [0, 0.1) is 28.5 Å². The number of ether oxygens (including phenoxy) is 3. The molecule has 9 rings (SSSR count). The van der Waals surface area contributed by atoms with Gasteiger partial charge in [-0.15, -0.1) is 0 Å². The lowest BCUT2D eigenvalue weighted by Gasteiger charge is -2.63. The molecule has 7 aliphatic rings. The number of hydrogen-bond acceptors (Lipinski definition) is 11. The third-order valence-electron chi connectivity index (χ3n) is 15.0. The zero-order valence-corrected chi connectivity index (χ0v) is 32.9. The van der Waals surface area contributed by atoms with Crippen molar-refractivity contribution in [2.45, 2.75) is 108 Å². The molecule has 2 saturated heterocycles. The van der Waals surface area contributed by atoms with E-state index in [9.17, 15) is 29.7 Å². The van der Waals surface area contributed by atoms with E-state index in [0.717, 1.165) is 12.3 Å². The van der Waals surface area contributed by atoms with Gasteiger partial charge in [0.2, 0.25) is 5.43 Å². The van der Waals surface area contributed by atoms with Crippen LogP contribution in [0.15, 0.2) is 40.9 Å². The molecule has 4 heterocycles. The molecule has 0 radical (unpaired) electrons. The van der Waals surface area contributed by atoms with Crippen LogP contribution < -0.4 is 15.1 Å². The molecule has 5 unspecified atom stereocenters. The molecule has 1 aromatic carbocycles. The van der Waals surface area contributed by atoms with Crippen LogP contribution in [-0.2, 0) is 19.1 Å². The maximum atomic E-state index is 18.0. The van der Waals surface area contributed by atoms with Gasteiger partial charge >= 0.3 is 5.97 Å². The topological polar surface area (TPSA) is 168 Å². The quantitative estimate of drug-likeness (QED) is 0.402. The van der Waals surface area contributed by atoms with Gasteiger partial charge in [-0.1, -0.05) is 18.6 Å². The van der Waals surface area contributed by atoms with Crippen molar-refractivity contribution in [2.24, 2.45) is 22.7 Å². The van der Waals surface area contributed by atoms with Gasteiger partial charge in [0.15, 0.2) is 52.4 Å². The van der Waals surface area contributed by atoms with Crippen molar-refractivity contribution < 1.29 is 52.7 Å². The van der Waals surface area contributed by atoms with Crippen molar-refractivity contribution in [2.75, 3.05) is 38.1 Å². The highest BCUT2D eigenvalue weighted by molar-refractivity contribution is 6.01. The predicted octanol–water partition coefficient (Wildman–Crippen LogP) is 3.71. The number of benzene rings is 1. The first-order chi connectivity index (χ1) is 26.7. The van der Waals surface area contributed by atoms with Crippen molar-refractivity contribution in [1.29, 1.82) is 0 Å². The molecule has 2 aromatic rings. The van der Waals surface area contributed by atoms with E-state index in [1.165, 1.54) is 16.7 Å². The Morgan fingerprint density at radius 1 is 1.07 bits per heavy atom. The zero-order chi connectivity index (χ0) is 40.9. The van der Waals surface area contributed by atoms with Gasteiger partial charge in [-0.25, -0.2) is 13.6 Å². The standard InChI is InChI=1S/C42H49F2N3O10/c1-20-34(55-35-30-23(32(50)24(37(53)54)19-47(20)30)16-27(43)31(35)46-13-11-45(6)12-14-46)33(51)36(52)42-29(56-38(2,3)57-42)17-26-25-8-7-21-15-22(48)9-10-39(21,4)41(25,44)28(49)18-40(26,42)5/h9-10,15-16,19-20,25-26,28-29,33-34,49,51H,7-8,11-14,17-18H2,1-6H3,(H,53,54)/t20?,25-,26-,28-,29?,33?,34?,39-,40-,41?,42-/m0/s1. The number of carboxylic acids is 1. The Labute approximate surface area is 327 Å². The van der Waals surface area contributed by atoms with Gasteiger partial charge in [-0.3, -0.25) is 14.4 Å². The summed E-state index contributed by atoms with van der Waals surface area (Å²) in [6, 6.07) is 0.0494. The number of aromatic carboxylic acids is 1. The van der Waals surface area contributed by atoms with Gasteiger partial charge in [0.1, 0.15) is 11.3 Å². The third kappa shape index (κ3) is 4.89. The number of fused-ring (bicyclic) bond motifs is 7. The second-order valence-electron chi connectivity index (χ2n) is 18.3. The number of pyridine rings is 1. The Kier molecular flexibility index (Phi) is 8.28. The van der Waals surface area contributed by atoms with E-state index in [1.807, 2.05) is 7.05 Å². The van der Waals surface area contributed by atoms with Gasteiger partial charge in [0.05, 0.1) is 29.2 Å². The van der Waals surface area contributed by atoms with Crippen molar-refractivity contribution in [3.05, 3.63) is 57.7 Å². The number of nitrogens with zero attached hydrogens (tertiary/aromatic N) is 3. The molecule has 306 valence electrons. The second kappa shape index (κ2) is 12.3. The summed E-state index contributed by atoms with van der Waals surface area (Å²) in [5, 5.41) is 34.4. The van der Waals surface area contributed by atoms with E-state index in [-0.39, 0.29) is 41.0 Å². The molecule has 3 aliphatic heterocycles. The highest BCUT2D eigenvalue weighted by Crippen LogP contribution is 2.72. The van der Waals surface area contributed by atoms with Gasteiger partial charge < -0.3 is 43.9 Å². The van der Waals surface area contributed by atoms with Gasteiger partial charge in [-0.2, -0.15) is 0 Å². The Bertz CT molecular complexity index is 2270. The number of carbonyl (C=O) groups is 3. The average molecular weight is 794 g/mol. The number of allylic oxidation sites excluding steroid dienone is 4. The molecule has 3 N–H and O–H groups in total. The van der Waals surface area contributed by atoms with Gasteiger partial charge in [-0.05, 0) is 84.6 Å². The van der Waals surface area contributed by atoms with Crippen LogP contribution in [0.2, 0.25) is 0 Å². The maximum Gasteiger partial charge on any atom is 0.341 e. The van der Waals surface area contributed by atoms with E-state index in [2.05, 4.69) is 4.90 Å². The summed E-state index contributed by atoms with van der Waals surface area (Å²) in [6.45, 7) is 10.4. The van der Waals surface area contributed by atoms with E-state index < -0.39 is 98.7 Å². The molecule has 0 bridgehead atoms. The van der Waals surface area contributed by atoms with Crippen molar-refractivity contribution in [3.8, 4) is 5.75 Å². The zero-order valence-electron chi connectivity index (χ0n) is 32.9. The van der Waals surface area contributed by atoms with Crippen LogP contribution in [0.25, 0.3) is 10.9 Å². The number of aliphatic hydroxyl groups excluding tert-OH is 2. The summed E-state index contributed by atoms with van der Waals surface area (Å²) in [6.07, 6.45) is 0.163. The average Bonchev–Trinajstić information content (AvgIpc) is 3.55. The van der Waals surface area contributed by atoms with Crippen LogP contribution in [0.4, 0.5) is 14.5 Å². The van der Waals surface area contributed by atoms with E-state index in [4.69, 9.17) is 14.2 Å². The second-order valence-corrected chi connectivity index (χ2v) is 18.3. The number of carbonyl (C=O) groups excluding carboxylic acids is 2. The van der Waals surface area contributed by atoms with Crippen LogP contribution in [-0.4, -0.2) is 117 Å². The van der Waals surface area contributed by atoms with Crippen molar-refractivity contribution in [3.63, 3.8) is 0 Å². The summed E-state index contributed by atoms with van der Waals surface area (Å²) in [7, 11) is 1.94. The molecule has 15 heteroatoms. The molecule has 0 spiro atoms. The highest BCUT2D eigenvalue weighted by atomic mass is 19.1. The molecule has 1 aromatic heterocycles. The molecule has 57 heavy (non-hydrogen) atoms. The number of halogens is 2. The first kappa shape index (κ1) is 38.5. The molecular formula is C42H49F2N3O10. The highest BCUT2D eigenvalue weighted by Gasteiger charge is 2.80. The summed E-state index contributed by atoms with van der Waals surface area (Å²) in [5.41, 5.74) is -7.38. The fourth-order valence-corrected chi connectivity index (χ4v) is 12.2. The van der Waals surface area contributed by atoms with Gasteiger partial charge in [0.25, 0.3) is 0 Å². The number of carboxylic acid groups (broad SMARTS) is 1. The maximum absolute atomic E-state index is 18.0. The molecule has 11 atom stereocenters. The van der Waals surface area contributed by atoms with E-state index in [0.29, 0.717) is 44.6 Å². The number of aliphatic hydroxyl groups is 2. The van der Waals surface area contributed by atoms with Crippen LogP contribution in [0.3, 0.4) is 0 Å². The molecule has 3 saturated carbocycles.